The number of hydrogen-bond donors (Lipinski definition) is 1. The van der Waals surface area contributed by atoms with Gasteiger partial charge in [-0.1, -0.05) is 18.2 Å². The molecule has 0 radical (unpaired) electrons. The second kappa shape index (κ2) is 5.59. The van der Waals surface area contributed by atoms with Crippen molar-refractivity contribution >= 4 is 22.6 Å². The number of para-hydroxylation sites is 1. The first-order chi connectivity index (χ1) is 10.8. The van der Waals surface area contributed by atoms with Gasteiger partial charge in [0, 0.05) is 30.4 Å². The van der Waals surface area contributed by atoms with E-state index in [1.807, 2.05) is 12.1 Å². The normalized spacial score (nSPS) is 19.4. The van der Waals surface area contributed by atoms with E-state index >= 15 is 0 Å². The van der Waals surface area contributed by atoms with Crippen LogP contribution in [0.1, 0.15) is 25.7 Å². The molecule has 1 saturated heterocycles. The Hall–Kier alpha value is -2.10. The molecule has 0 spiro atoms. The fourth-order valence-electron chi connectivity index (χ4n) is 3.15. The Morgan fingerprint density at radius 2 is 1.82 bits per heavy atom. The van der Waals surface area contributed by atoms with E-state index in [2.05, 4.69) is 34.5 Å². The van der Waals surface area contributed by atoms with Crippen LogP contribution in [-0.2, 0) is 4.79 Å². The summed E-state index contributed by atoms with van der Waals surface area (Å²) in [6.07, 6.45) is 4.16. The number of fused-ring (bicyclic) bond motifs is 1. The van der Waals surface area contributed by atoms with Crippen molar-refractivity contribution < 1.29 is 4.79 Å². The van der Waals surface area contributed by atoms with Gasteiger partial charge in [0.05, 0.1) is 5.52 Å². The molecule has 2 aromatic rings. The van der Waals surface area contributed by atoms with Crippen molar-refractivity contribution in [3.05, 3.63) is 36.4 Å². The van der Waals surface area contributed by atoms with E-state index in [1.165, 1.54) is 5.39 Å². The minimum absolute atomic E-state index is 0.266. The maximum Gasteiger partial charge on any atom is 0.223 e. The lowest BCUT2D eigenvalue weighted by molar-refractivity contribution is -0.123. The number of aromatic nitrogens is 1. The van der Waals surface area contributed by atoms with Crippen LogP contribution in [-0.4, -0.2) is 30.0 Å². The van der Waals surface area contributed by atoms with Crippen LogP contribution < -0.4 is 10.2 Å². The van der Waals surface area contributed by atoms with E-state index in [4.69, 9.17) is 4.98 Å². The monoisotopic (exact) mass is 295 g/mol. The standard InChI is InChI=1S/C18H21N3O/c22-18(14-5-6-14)19-15-9-11-21(12-10-15)17-8-7-13-3-1-2-4-16(13)20-17/h1-4,7-8,14-15H,5-6,9-12H2,(H,19,22). The van der Waals surface area contributed by atoms with Crippen LogP contribution in [0.3, 0.4) is 0 Å². The SMILES string of the molecule is O=C(NC1CCN(c2ccc3ccccc3n2)CC1)C1CC1. The number of piperidine rings is 1. The first-order valence-corrected chi connectivity index (χ1v) is 8.21. The van der Waals surface area contributed by atoms with E-state index in [0.717, 1.165) is 50.1 Å². The summed E-state index contributed by atoms with van der Waals surface area (Å²) in [4.78, 5) is 18.9. The van der Waals surface area contributed by atoms with E-state index in [1.54, 1.807) is 0 Å². The molecule has 4 heteroatoms. The highest BCUT2D eigenvalue weighted by Crippen LogP contribution is 2.29. The average molecular weight is 295 g/mol. The number of hydrogen-bond acceptors (Lipinski definition) is 3. The largest absolute Gasteiger partial charge is 0.356 e. The van der Waals surface area contributed by atoms with Crippen molar-refractivity contribution in [2.24, 2.45) is 5.92 Å². The van der Waals surface area contributed by atoms with Crippen LogP contribution in [0.25, 0.3) is 10.9 Å². The number of carbonyl (C=O) groups excluding carboxylic acids is 1. The number of rotatable bonds is 3. The van der Waals surface area contributed by atoms with Gasteiger partial charge in [-0.3, -0.25) is 4.79 Å². The Morgan fingerprint density at radius 1 is 1.05 bits per heavy atom. The van der Waals surface area contributed by atoms with E-state index < -0.39 is 0 Å². The van der Waals surface area contributed by atoms with Crippen LogP contribution in [0.5, 0.6) is 0 Å². The molecule has 2 aliphatic rings. The molecule has 1 saturated carbocycles. The molecule has 1 N–H and O–H groups in total. The van der Waals surface area contributed by atoms with E-state index in [9.17, 15) is 4.79 Å². The molecule has 1 aliphatic heterocycles. The van der Waals surface area contributed by atoms with Crippen molar-refractivity contribution in [2.75, 3.05) is 18.0 Å². The van der Waals surface area contributed by atoms with Crippen molar-refractivity contribution in [1.29, 1.82) is 0 Å². The third-order valence-electron chi connectivity index (χ3n) is 4.70. The number of nitrogens with zero attached hydrogens (tertiary/aromatic N) is 2. The molecule has 1 aliphatic carbocycles. The van der Waals surface area contributed by atoms with Gasteiger partial charge in [0.2, 0.25) is 5.91 Å². The van der Waals surface area contributed by atoms with Gasteiger partial charge in [-0.15, -0.1) is 0 Å². The van der Waals surface area contributed by atoms with Gasteiger partial charge >= 0.3 is 0 Å². The molecular formula is C18H21N3O. The molecule has 0 unspecified atom stereocenters. The molecule has 4 nitrogen and oxygen atoms in total. The van der Waals surface area contributed by atoms with Crippen LogP contribution in [0, 0.1) is 5.92 Å². The van der Waals surface area contributed by atoms with Gasteiger partial charge in [-0.05, 0) is 43.9 Å². The topological polar surface area (TPSA) is 45.2 Å². The maximum absolute atomic E-state index is 11.8. The molecule has 4 rings (SSSR count). The number of anilines is 1. The quantitative estimate of drug-likeness (QED) is 0.947. The maximum atomic E-state index is 11.8. The number of benzene rings is 1. The summed E-state index contributed by atoms with van der Waals surface area (Å²) in [5.74, 6) is 1.62. The number of nitrogens with one attached hydrogen (secondary N) is 1. The zero-order valence-corrected chi connectivity index (χ0v) is 12.7. The van der Waals surface area contributed by atoms with Gasteiger partial charge in [0.25, 0.3) is 0 Å². The molecular weight excluding hydrogens is 274 g/mol. The summed E-state index contributed by atoms with van der Waals surface area (Å²) in [6, 6.07) is 12.8. The molecule has 22 heavy (non-hydrogen) atoms. The predicted molar refractivity (Wildman–Crippen MR) is 87.8 cm³/mol. The lowest BCUT2D eigenvalue weighted by Crippen LogP contribution is -2.45. The summed E-state index contributed by atoms with van der Waals surface area (Å²) < 4.78 is 0. The Labute approximate surface area is 130 Å². The van der Waals surface area contributed by atoms with Crippen molar-refractivity contribution in [1.82, 2.24) is 10.3 Å². The highest BCUT2D eigenvalue weighted by molar-refractivity contribution is 5.81. The Balaban J connectivity index is 1.40. The van der Waals surface area contributed by atoms with Crippen LogP contribution in [0.15, 0.2) is 36.4 Å². The Morgan fingerprint density at radius 3 is 2.59 bits per heavy atom. The molecule has 1 aromatic carbocycles. The zero-order valence-electron chi connectivity index (χ0n) is 12.7. The van der Waals surface area contributed by atoms with Gasteiger partial charge < -0.3 is 10.2 Å². The van der Waals surface area contributed by atoms with E-state index in [0.29, 0.717) is 12.0 Å². The summed E-state index contributed by atoms with van der Waals surface area (Å²) in [5.41, 5.74) is 1.05. The lowest BCUT2D eigenvalue weighted by atomic mass is 10.0. The molecule has 0 bridgehead atoms. The Bertz CT molecular complexity index is 688. The Kier molecular flexibility index (Phi) is 3.45. The van der Waals surface area contributed by atoms with Crippen LogP contribution in [0.2, 0.25) is 0 Å². The highest BCUT2D eigenvalue weighted by atomic mass is 16.2. The zero-order chi connectivity index (χ0) is 14.9. The van der Waals surface area contributed by atoms with E-state index in [-0.39, 0.29) is 5.91 Å². The van der Waals surface area contributed by atoms with Crippen molar-refractivity contribution in [3.8, 4) is 0 Å². The lowest BCUT2D eigenvalue weighted by Gasteiger charge is -2.33. The fraction of sp³-hybridized carbons (Fsp3) is 0.444. The summed E-state index contributed by atoms with van der Waals surface area (Å²) in [7, 11) is 0. The number of amides is 1. The van der Waals surface area contributed by atoms with Crippen molar-refractivity contribution in [3.63, 3.8) is 0 Å². The first kappa shape index (κ1) is 13.6. The van der Waals surface area contributed by atoms with Gasteiger partial charge in [0.15, 0.2) is 0 Å². The summed E-state index contributed by atoms with van der Waals surface area (Å²) in [5, 5.41) is 4.37. The molecule has 114 valence electrons. The van der Waals surface area contributed by atoms with Crippen molar-refractivity contribution in [2.45, 2.75) is 31.7 Å². The van der Waals surface area contributed by atoms with Crippen LogP contribution >= 0.6 is 0 Å². The summed E-state index contributed by atoms with van der Waals surface area (Å²) in [6.45, 7) is 1.92. The third kappa shape index (κ3) is 2.78. The second-order valence-electron chi connectivity index (χ2n) is 6.41. The smallest absolute Gasteiger partial charge is 0.223 e. The number of carbonyl (C=O) groups is 1. The fourth-order valence-corrected chi connectivity index (χ4v) is 3.15. The van der Waals surface area contributed by atoms with Gasteiger partial charge in [-0.25, -0.2) is 4.98 Å². The molecule has 2 fully saturated rings. The number of pyridine rings is 1. The molecule has 2 heterocycles. The molecule has 1 amide bonds. The third-order valence-corrected chi connectivity index (χ3v) is 4.70. The van der Waals surface area contributed by atoms with Crippen LogP contribution in [0.4, 0.5) is 5.82 Å². The summed E-state index contributed by atoms with van der Waals surface area (Å²) >= 11 is 0. The minimum atomic E-state index is 0.266. The average Bonchev–Trinajstić information content (AvgIpc) is 3.40. The van der Waals surface area contributed by atoms with Gasteiger partial charge in [0.1, 0.15) is 5.82 Å². The highest BCUT2D eigenvalue weighted by Gasteiger charge is 2.31. The first-order valence-electron chi connectivity index (χ1n) is 8.21. The molecule has 1 aromatic heterocycles. The second-order valence-corrected chi connectivity index (χ2v) is 6.41. The molecule has 0 atom stereocenters. The minimum Gasteiger partial charge on any atom is -0.356 e. The predicted octanol–water partition coefficient (Wildman–Crippen LogP) is 2.73. The van der Waals surface area contributed by atoms with Gasteiger partial charge in [-0.2, -0.15) is 0 Å².